The number of nitrogens with one attached hydrogen (secondary N) is 1. The van der Waals surface area contributed by atoms with E-state index in [4.69, 9.17) is 0 Å². The highest BCUT2D eigenvalue weighted by Gasteiger charge is 2.33. The predicted molar refractivity (Wildman–Crippen MR) is 109 cm³/mol. The van der Waals surface area contributed by atoms with E-state index in [0.717, 1.165) is 6.26 Å². The van der Waals surface area contributed by atoms with E-state index in [9.17, 15) is 21.6 Å². The number of carbonyl (C=O) groups is 1. The molecule has 0 radical (unpaired) electrons. The molecule has 1 aliphatic rings. The van der Waals surface area contributed by atoms with Gasteiger partial charge in [-0.25, -0.2) is 16.8 Å². The van der Waals surface area contributed by atoms with E-state index in [1.165, 1.54) is 47.8 Å². The molecule has 1 unspecified atom stereocenters. The average molecular weight is 438 g/mol. The van der Waals surface area contributed by atoms with Gasteiger partial charge in [-0.3, -0.25) is 9.78 Å². The molecule has 0 saturated carbocycles. The molecule has 1 aromatic carbocycles. The van der Waals surface area contributed by atoms with Crippen LogP contribution < -0.4 is 5.32 Å². The molecular weight excluding hydrogens is 414 g/mol. The average Bonchev–Trinajstić information content (AvgIpc) is 2.67. The van der Waals surface area contributed by atoms with Crippen molar-refractivity contribution in [3.05, 3.63) is 48.3 Å². The van der Waals surface area contributed by atoms with Gasteiger partial charge in [-0.15, -0.1) is 0 Å². The third kappa shape index (κ3) is 4.82. The number of benzene rings is 1. The molecule has 0 bridgehead atoms. The van der Waals surface area contributed by atoms with Crippen molar-refractivity contribution in [2.75, 3.05) is 24.7 Å². The van der Waals surface area contributed by atoms with Crippen LogP contribution >= 0.6 is 0 Å². The quantitative estimate of drug-likeness (QED) is 0.765. The van der Waals surface area contributed by atoms with Gasteiger partial charge in [-0.2, -0.15) is 4.31 Å². The molecule has 1 N–H and O–H groups in total. The van der Waals surface area contributed by atoms with Crippen molar-refractivity contribution in [2.45, 2.75) is 35.5 Å². The Hall–Kier alpha value is -2.30. The molecular formula is C19H23N3O5S2. The monoisotopic (exact) mass is 437 g/mol. The first kappa shape index (κ1) is 21.4. The number of aromatic nitrogens is 1. The standard InChI is InChI=1S/C19H23N3O5S2/c1-14(23)21-16-7-9-17(10-8-16)29(26,27)22-12-4-5-15(13-22)19-18(28(2,24)25)6-3-11-20-19/h3,6-11,15H,4-5,12-13H2,1-2H3,(H,21,23). The Balaban J connectivity index is 1.86. The smallest absolute Gasteiger partial charge is 0.243 e. The second-order valence-corrected chi connectivity index (χ2v) is 11.0. The summed E-state index contributed by atoms with van der Waals surface area (Å²) in [6, 6.07) is 9.05. The lowest BCUT2D eigenvalue weighted by Gasteiger charge is -2.32. The summed E-state index contributed by atoms with van der Waals surface area (Å²) >= 11 is 0. The zero-order valence-electron chi connectivity index (χ0n) is 16.2. The van der Waals surface area contributed by atoms with Gasteiger partial charge in [0.25, 0.3) is 0 Å². The van der Waals surface area contributed by atoms with Crippen LogP contribution in [0.3, 0.4) is 0 Å². The molecule has 2 heterocycles. The molecule has 1 fully saturated rings. The highest BCUT2D eigenvalue weighted by atomic mass is 32.2. The summed E-state index contributed by atoms with van der Waals surface area (Å²) in [5, 5.41) is 2.60. The Bertz CT molecular complexity index is 1110. The van der Waals surface area contributed by atoms with Gasteiger partial charge in [0, 0.05) is 44.1 Å². The molecule has 8 nitrogen and oxygen atoms in total. The summed E-state index contributed by atoms with van der Waals surface area (Å²) in [6.45, 7) is 1.89. The minimum Gasteiger partial charge on any atom is -0.326 e. The van der Waals surface area contributed by atoms with Gasteiger partial charge in [0.1, 0.15) is 0 Å². The molecule has 0 spiro atoms. The summed E-state index contributed by atoms with van der Waals surface area (Å²) in [4.78, 5) is 15.6. The van der Waals surface area contributed by atoms with Crippen molar-refractivity contribution >= 4 is 31.5 Å². The zero-order chi connectivity index (χ0) is 21.2. The van der Waals surface area contributed by atoms with Crippen LogP contribution in [0.4, 0.5) is 5.69 Å². The minimum atomic E-state index is -3.75. The molecule has 10 heteroatoms. The lowest BCUT2D eigenvalue weighted by molar-refractivity contribution is -0.114. The van der Waals surface area contributed by atoms with Crippen LogP contribution in [0.5, 0.6) is 0 Å². The third-order valence-corrected chi connectivity index (χ3v) is 7.81. The third-order valence-electron chi connectivity index (χ3n) is 4.78. The fraction of sp³-hybridized carbons (Fsp3) is 0.368. The van der Waals surface area contributed by atoms with Gasteiger partial charge >= 0.3 is 0 Å². The SMILES string of the molecule is CC(=O)Nc1ccc(S(=O)(=O)N2CCCC(c3ncccc3S(C)(=O)=O)C2)cc1. The van der Waals surface area contributed by atoms with E-state index in [-0.39, 0.29) is 28.2 Å². The van der Waals surface area contributed by atoms with Crippen molar-refractivity contribution < 1.29 is 21.6 Å². The molecule has 0 aliphatic carbocycles. The molecule has 1 aliphatic heterocycles. The fourth-order valence-electron chi connectivity index (χ4n) is 3.47. The van der Waals surface area contributed by atoms with Crippen LogP contribution in [0.25, 0.3) is 0 Å². The maximum Gasteiger partial charge on any atom is 0.243 e. The number of hydrogen-bond acceptors (Lipinski definition) is 6. The van der Waals surface area contributed by atoms with E-state index < -0.39 is 19.9 Å². The van der Waals surface area contributed by atoms with Crippen molar-refractivity contribution in [1.82, 2.24) is 9.29 Å². The molecule has 2 aromatic rings. The maximum absolute atomic E-state index is 13.1. The van der Waals surface area contributed by atoms with Crippen molar-refractivity contribution in [2.24, 2.45) is 0 Å². The highest BCUT2D eigenvalue weighted by molar-refractivity contribution is 7.90. The van der Waals surface area contributed by atoms with Crippen molar-refractivity contribution in [1.29, 1.82) is 0 Å². The lowest BCUT2D eigenvalue weighted by Crippen LogP contribution is -2.39. The molecule has 1 saturated heterocycles. The molecule has 29 heavy (non-hydrogen) atoms. The van der Waals surface area contributed by atoms with E-state index >= 15 is 0 Å². The van der Waals surface area contributed by atoms with Crippen LogP contribution in [-0.2, 0) is 24.7 Å². The number of sulfonamides is 1. The maximum atomic E-state index is 13.1. The summed E-state index contributed by atoms with van der Waals surface area (Å²) in [5.74, 6) is -0.542. The number of hydrogen-bond donors (Lipinski definition) is 1. The number of anilines is 1. The first-order valence-electron chi connectivity index (χ1n) is 9.12. The number of carbonyl (C=O) groups excluding carboxylic acids is 1. The Morgan fingerprint density at radius 1 is 1.14 bits per heavy atom. The summed E-state index contributed by atoms with van der Waals surface area (Å²) in [7, 11) is -7.22. The van der Waals surface area contributed by atoms with Crippen molar-refractivity contribution in [3.8, 4) is 0 Å². The van der Waals surface area contributed by atoms with Crippen LogP contribution in [0, 0.1) is 0 Å². The van der Waals surface area contributed by atoms with Crippen molar-refractivity contribution in [3.63, 3.8) is 0 Å². The zero-order valence-corrected chi connectivity index (χ0v) is 17.8. The second kappa shape index (κ2) is 8.21. The molecule has 3 rings (SSSR count). The number of pyridine rings is 1. The van der Waals surface area contributed by atoms with Crippen LogP contribution in [0.15, 0.2) is 52.4 Å². The molecule has 1 atom stereocenters. The van der Waals surface area contributed by atoms with E-state index in [0.29, 0.717) is 30.8 Å². The summed E-state index contributed by atoms with van der Waals surface area (Å²) < 4.78 is 51.7. The predicted octanol–water partition coefficient (Wildman–Crippen LogP) is 2.01. The molecule has 1 aromatic heterocycles. The number of sulfone groups is 1. The Kier molecular flexibility index (Phi) is 6.06. The first-order valence-corrected chi connectivity index (χ1v) is 12.4. The van der Waals surface area contributed by atoms with Gasteiger partial charge in [0.05, 0.1) is 15.5 Å². The van der Waals surface area contributed by atoms with Crippen LogP contribution in [0.1, 0.15) is 31.4 Å². The highest BCUT2D eigenvalue weighted by Crippen LogP contribution is 2.32. The summed E-state index contributed by atoms with van der Waals surface area (Å²) in [6.07, 6.45) is 3.92. The fourth-order valence-corrected chi connectivity index (χ4v) is 5.92. The van der Waals surface area contributed by atoms with Gasteiger partial charge in [0.2, 0.25) is 15.9 Å². The molecule has 1 amide bonds. The second-order valence-electron chi connectivity index (χ2n) is 7.07. The van der Waals surface area contributed by atoms with Gasteiger partial charge < -0.3 is 5.32 Å². The first-order chi connectivity index (χ1) is 13.6. The van der Waals surface area contributed by atoms with Crippen LogP contribution in [-0.4, -0.2) is 51.4 Å². The van der Waals surface area contributed by atoms with E-state index in [2.05, 4.69) is 10.3 Å². The Morgan fingerprint density at radius 3 is 2.45 bits per heavy atom. The Morgan fingerprint density at radius 2 is 1.83 bits per heavy atom. The van der Waals surface area contributed by atoms with Crippen LogP contribution in [0.2, 0.25) is 0 Å². The van der Waals surface area contributed by atoms with Gasteiger partial charge in [0.15, 0.2) is 9.84 Å². The van der Waals surface area contributed by atoms with E-state index in [1.807, 2.05) is 0 Å². The number of piperidine rings is 1. The topological polar surface area (TPSA) is 114 Å². The number of rotatable bonds is 5. The lowest BCUT2D eigenvalue weighted by atomic mass is 9.95. The van der Waals surface area contributed by atoms with Gasteiger partial charge in [-0.1, -0.05) is 0 Å². The Labute approximate surface area is 170 Å². The number of amides is 1. The largest absolute Gasteiger partial charge is 0.326 e. The minimum absolute atomic E-state index is 0.122. The van der Waals surface area contributed by atoms with Gasteiger partial charge in [-0.05, 0) is 49.2 Å². The normalized spacial score (nSPS) is 18.3. The summed E-state index contributed by atoms with van der Waals surface area (Å²) in [5.41, 5.74) is 0.926. The number of nitrogens with zero attached hydrogens (tertiary/aromatic N) is 2. The van der Waals surface area contributed by atoms with E-state index in [1.54, 1.807) is 6.07 Å². The molecule has 156 valence electrons.